The van der Waals surface area contributed by atoms with Crippen LogP contribution in [0.4, 0.5) is 0 Å². The van der Waals surface area contributed by atoms with Crippen molar-refractivity contribution >= 4 is 11.9 Å². The van der Waals surface area contributed by atoms with E-state index in [1.807, 2.05) is 12.2 Å². The average molecular weight is 277 g/mol. The summed E-state index contributed by atoms with van der Waals surface area (Å²) in [6.45, 7) is 2.97. The highest BCUT2D eigenvalue weighted by molar-refractivity contribution is 5.86. The number of hydrogen-bond donors (Lipinski definition) is 2. The van der Waals surface area contributed by atoms with Crippen molar-refractivity contribution in [2.75, 3.05) is 6.54 Å². The van der Waals surface area contributed by atoms with E-state index in [1.165, 1.54) is 19.3 Å². The molecule has 4 nitrogen and oxygen atoms in total. The third-order valence-electron chi connectivity index (χ3n) is 5.42. The molecule has 0 radical (unpaired) electrons. The first-order chi connectivity index (χ1) is 9.56. The standard InChI is InChI=1S/C16H23NO3/c1-9-2-3-10(6-9)8-17-15(18)13-11-4-5-12(7-11)14(13)16(19)20/h4-5,9-14H,2-3,6-8H2,1H3,(H,17,18)(H,19,20). The predicted molar refractivity (Wildman–Crippen MR) is 74.9 cm³/mol. The molecule has 0 aromatic rings. The van der Waals surface area contributed by atoms with Crippen molar-refractivity contribution in [2.45, 2.75) is 32.6 Å². The maximum Gasteiger partial charge on any atom is 0.307 e. The van der Waals surface area contributed by atoms with E-state index in [0.29, 0.717) is 12.5 Å². The third kappa shape index (κ3) is 2.36. The Morgan fingerprint density at radius 2 is 1.85 bits per heavy atom. The molecule has 2 N–H and O–H groups in total. The van der Waals surface area contributed by atoms with Crippen molar-refractivity contribution in [3.8, 4) is 0 Å². The van der Waals surface area contributed by atoms with Crippen LogP contribution in [0.5, 0.6) is 0 Å². The maximum absolute atomic E-state index is 12.4. The molecule has 0 aromatic carbocycles. The van der Waals surface area contributed by atoms with Gasteiger partial charge in [-0.3, -0.25) is 9.59 Å². The van der Waals surface area contributed by atoms with Crippen LogP contribution in [0.15, 0.2) is 12.2 Å². The van der Waals surface area contributed by atoms with Crippen molar-refractivity contribution < 1.29 is 14.7 Å². The minimum atomic E-state index is -0.823. The SMILES string of the molecule is CC1CCC(CNC(=O)C2C3C=CC(C3)C2C(=O)O)C1. The van der Waals surface area contributed by atoms with Gasteiger partial charge in [0.05, 0.1) is 11.8 Å². The first kappa shape index (κ1) is 13.7. The summed E-state index contributed by atoms with van der Waals surface area (Å²) in [4.78, 5) is 23.8. The molecule has 0 spiro atoms. The van der Waals surface area contributed by atoms with Crippen molar-refractivity contribution in [3.05, 3.63) is 12.2 Å². The Hall–Kier alpha value is -1.32. The van der Waals surface area contributed by atoms with Gasteiger partial charge in [-0.2, -0.15) is 0 Å². The van der Waals surface area contributed by atoms with E-state index in [9.17, 15) is 14.7 Å². The quantitative estimate of drug-likeness (QED) is 0.773. The third-order valence-corrected chi connectivity index (χ3v) is 5.42. The van der Waals surface area contributed by atoms with E-state index < -0.39 is 11.9 Å². The summed E-state index contributed by atoms with van der Waals surface area (Å²) in [7, 11) is 0. The molecule has 2 saturated carbocycles. The van der Waals surface area contributed by atoms with Crippen LogP contribution in [-0.4, -0.2) is 23.5 Å². The second-order valence-corrected chi connectivity index (χ2v) is 6.87. The highest BCUT2D eigenvalue weighted by Crippen LogP contribution is 2.48. The molecular formula is C16H23NO3. The fourth-order valence-corrected chi connectivity index (χ4v) is 4.39. The van der Waals surface area contributed by atoms with E-state index >= 15 is 0 Å². The van der Waals surface area contributed by atoms with Gasteiger partial charge in [0, 0.05) is 6.54 Å². The minimum absolute atomic E-state index is 0.0474. The number of carbonyl (C=O) groups is 2. The van der Waals surface area contributed by atoms with Crippen LogP contribution >= 0.6 is 0 Å². The first-order valence-corrected chi connectivity index (χ1v) is 7.75. The summed E-state index contributed by atoms with van der Waals surface area (Å²) in [5.41, 5.74) is 0. The number of aliphatic carboxylic acids is 1. The number of amides is 1. The van der Waals surface area contributed by atoms with Gasteiger partial charge in [-0.25, -0.2) is 0 Å². The number of fused-ring (bicyclic) bond motifs is 2. The number of carbonyl (C=O) groups excluding carboxylic acids is 1. The first-order valence-electron chi connectivity index (χ1n) is 7.75. The van der Waals surface area contributed by atoms with Gasteiger partial charge in [-0.05, 0) is 42.9 Å². The Bertz CT molecular complexity index is 445. The maximum atomic E-state index is 12.4. The molecule has 4 heteroatoms. The van der Waals surface area contributed by atoms with E-state index in [-0.39, 0.29) is 23.7 Å². The van der Waals surface area contributed by atoms with Crippen LogP contribution in [0.25, 0.3) is 0 Å². The van der Waals surface area contributed by atoms with Crippen LogP contribution in [0, 0.1) is 35.5 Å². The van der Waals surface area contributed by atoms with Crippen molar-refractivity contribution in [3.63, 3.8) is 0 Å². The largest absolute Gasteiger partial charge is 0.481 e. The summed E-state index contributed by atoms with van der Waals surface area (Å²) in [6, 6.07) is 0. The lowest BCUT2D eigenvalue weighted by Gasteiger charge is -2.24. The molecule has 3 aliphatic rings. The van der Waals surface area contributed by atoms with Crippen molar-refractivity contribution in [1.29, 1.82) is 0 Å². The molecule has 6 atom stereocenters. The summed E-state index contributed by atoms with van der Waals surface area (Å²) < 4.78 is 0. The fraction of sp³-hybridized carbons (Fsp3) is 0.750. The Kier molecular flexibility index (Phi) is 3.57. The lowest BCUT2D eigenvalue weighted by Crippen LogP contribution is -2.41. The zero-order valence-corrected chi connectivity index (χ0v) is 11.9. The number of carboxylic acid groups (broad SMARTS) is 1. The van der Waals surface area contributed by atoms with Crippen LogP contribution in [-0.2, 0) is 9.59 Å². The van der Waals surface area contributed by atoms with Gasteiger partial charge in [0.2, 0.25) is 5.91 Å². The molecule has 0 aromatic heterocycles. The van der Waals surface area contributed by atoms with Gasteiger partial charge < -0.3 is 10.4 Å². The van der Waals surface area contributed by atoms with Crippen molar-refractivity contribution in [1.82, 2.24) is 5.32 Å². The topological polar surface area (TPSA) is 66.4 Å². The highest BCUT2D eigenvalue weighted by atomic mass is 16.4. The van der Waals surface area contributed by atoms with Gasteiger partial charge in [0.25, 0.3) is 0 Å². The molecule has 3 rings (SSSR count). The smallest absolute Gasteiger partial charge is 0.307 e. The number of rotatable bonds is 4. The van der Waals surface area contributed by atoms with Gasteiger partial charge in [-0.15, -0.1) is 0 Å². The van der Waals surface area contributed by atoms with Crippen molar-refractivity contribution in [2.24, 2.45) is 35.5 Å². The molecule has 1 amide bonds. The zero-order chi connectivity index (χ0) is 14.3. The van der Waals surface area contributed by atoms with E-state index in [0.717, 1.165) is 12.3 Å². The van der Waals surface area contributed by atoms with Gasteiger partial charge in [0.1, 0.15) is 0 Å². The molecule has 0 aliphatic heterocycles. The Morgan fingerprint density at radius 3 is 2.45 bits per heavy atom. The summed E-state index contributed by atoms with van der Waals surface area (Å²) in [5.74, 6) is -0.233. The predicted octanol–water partition coefficient (Wildman–Crippen LogP) is 2.06. The molecule has 3 aliphatic carbocycles. The molecule has 110 valence electrons. The molecule has 0 heterocycles. The van der Waals surface area contributed by atoms with E-state index in [4.69, 9.17) is 0 Å². The molecule has 6 unspecified atom stereocenters. The molecule has 2 fully saturated rings. The zero-order valence-electron chi connectivity index (χ0n) is 11.9. The average Bonchev–Trinajstić information content (AvgIpc) is 3.10. The fourth-order valence-electron chi connectivity index (χ4n) is 4.39. The highest BCUT2D eigenvalue weighted by Gasteiger charge is 2.51. The number of nitrogens with one attached hydrogen (secondary N) is 1. The summed E-state index contributed by atoms with van der Waals surface area (Å²) in [6.07, 6.45) is 8.45. The Labute approximate surface area is 119 Å². The van der Waals surface area contributed by atoms with Crippen LogP contribution in [0.1, 0.15) is 32.6 Å². The lowest BCUT2D eigenvalue weighted by atomic mass is 9.82. The molecule has 0 saturated heterocycles. The number of carboxylic acids is 1. The lowest BCUT2D eigenvalue weighted by molar-refractivity contribution is -0.147. The molecule has 20 heavy (non-hydrogen) atoms. The van der Waals surface area contributed by atoms with E-state index in [2.05, 4.69) is 12.2 Å². The molecule has 2 bridgehead atoms. The van der Waals surface area contributed by atoms with E-state index in [1.54, 1.807) is 0 Å². The van der Waals surface area contributed by atoms with Gasteiger partial charge in [-0.1, -0.05) is 25.5 Å². The van der Waals surface area contributed by atoms with Gasteiger partial charge >= 0.3 is 5.97 Å². The monoisotopic (exact) mass is 277 g/mol. The molecular weight excluding hydrogens is 254 g/mol. The second-order valence-electron chi connectivity index (χ2n) is 6.87. The normalized spacial score (nSPS) is 42.0. The number of hydrogen-bond acceptors (Lipinski definition) is 2. The van der Waals surface area contributed by atoms with Crippen LogP contribution in [0.3, 0.4) is 0 Å². The van der Waals surface area contributed by atoms with Crippen LogP contribution in [0.2, 0.25) is 0 Å². The summed E-state index contributed by atoms with van der Waals surface area (Å²) in [5, 5.41) is 12.4. The minimum Gasteiger partial charge on any atom is -0.481 e. The second kappa shape index (κ2) is 5.23. The Morgan fingerprint density at radius 1 is 1.15 bits per heavy atom. The Balaban J connectivity index is 1.59. The van der Waals surface area contributed by atoms with Crippen LogP contribution < -0.4 is 5.32 Å². The number of allylic oxidation sites excluding steroid dienone is 2. The van der Waals surface area contributed by atoms with Gasteiger partial charge in [0.15, 0.2) is 0 Å². The summed E-state index contributed by atoms with van der Waals surface area (Å²) >= 11 is 0.